The Kier molecular flexibility index (Phi) is 7.24. The molecule has 7 heteroatoms. The number of carbonyl (C=O) groups excluding carboxylic acids is 2. The third-order valence-electron chi connectivity index (χ3n) is 7.90. The first-order valence-corrected chi connectivity index (χ1v) is 12.9. The average molecular weight is 501 g/mol. The molecule has 192 valence electrons. The van der Waals surface area contributed by atoms with Crippen LogP contribution in [0.15, 0.2) is 73.4 Å². The second kappa shape index (κ2) is 10.7. The number of esters is 1. The third kappa shape index (κ3) is 5.09. The van der Waals surface area contributed by atoms with Gasteiger partial charge in [-0.05, 0) is 54.8 Å². The van der Waals surface area contributed by atoms with Crippen molar-refractivity contribution in [3.05, 3.63) is 79.0 Å². The number of fused-ring (bicyclic) bond motifs is 4. The number of ether oxygens (including phenoxy) is 2. The van der Waals surface area contributed by atoms with Crippen LogP contribution in [0.25, 0.3) is 10.9 Å². The van der Waals surface area contributed by atoms with Crippen LogP contribution in [0.2, 0.25) is 0 Å². The molecule has 6 rings (SSSR count). The Hall–Kier alpha value is -3.71. The first-order valence-electron chi connectivity index (χ1n) is 12.9. The Morgan fingerprint density at radius 3 is 2.70 bits per heavy atom. The zero-order chi connectivity index (χ0) is 25.9. The monoisotopic (exact) mass is 500 g/mol. The van der Waals surface area contributed by atoms with E-state index in [9.17, 15) is 9.59 Å². The van der Waals surface area contributed by atoms with E-state index in [1.54, 1.807) is 13.3 Å². The Labute approximate surface area is 217 Å². The van der Waals surface area contributed by atoms with E-state index in [0.29, 0.717) is 17.6 Å². The number of nitrogens with zero attached hydrogens (tertiary/aromatic N) is 2. The summed E-state index contributed by atoms with van der Waals surface area (Å²) in [5.41, 5.74) is 2.40. The number of quaternary nitrogens is 1. The molecule has 0 spiro atoms. The van der Waals surface area contributed by atoms with E-state index in [0.717, 1.165) is 41.6 Å². The second-order valence-corrected chi connectivity index (χ2v) is 10.0. The Morgan fingerprint density at radius 2 is 2.00 bits per heavy atom. The summed E-state index contributed by atoms with van der Waals surface area (Å²) >= 11 is 0. The van der Waals surface area contributed by atoms with Crippen molar-refractivity contribution >= 4 is 28.5 Å². The SMILES string of the molecule is C=C[C@@H]1C[C@H]2CC[NH+]1[C@H]([C@H](OC(=O)CN(C(C)=O)c1ccccc1)c1ccnc3ccc(OC)cc13)C2. The second-order valence-electron chi connectivity index (χ2n) is 10.0. The smallest absolute Gasteiger partial charge is 0.326 e. The molecule has 0 radical (unpaired) electrons. The van der Waals surface area contributed by atoms with Crippen molar-refractivity contribution in [3.8, 4) is 5.75 Å². The lowest BCUT2D eigenvalue weighted by Crippen LogP contribution is -3.22. The molecule has 37 heavy (non-hydrogen) atoms. The first kappa shape index (κ1) is 25.0. The van der Waals surface area contributed by atoms with Gasteiger partial charge in [0.1, 0.15) is 24.4 Å². The normalized spacial score (nSPS) is 23.3. The fourth-order valence-corrected chi connectivity index (χ4v) is 6.12. The number of piperidine rings is 3. The molecule has 1 amide bonds. The lowest BCUT2D eigenvalue weighted by atomic mass is 9.76. The van der Waals surface area contributed by atoms with Crippen molar-refractivity contribution in [1.82, 2.24) is 4.98 Å². The van der Waals surface area contributed by atoms with E-state index in [2.05, 4.69) is 11.6 Å². The van der Waals surface area contributed by atoms with Gasteiger partial charge in [0, 0.05) is 42.6 Å². The summed E-state index contributed by atoms with van der Waals surface area (Å²) in [7, 11) is 1.64. The van der Waals surface area contributed by atoms with Crippen molar-refractivity contribution in [2.75, 3.05) is 25.1 Å². The summed E-state index contributed by atoms with van der Waals surface area (Å²) in [6, 6.07) is 17.3. The number of para-hydroxylation sites is 1. The largest absolute Gasteiger partial charge is 0.497 e. The summed E-state index contributed by atoms with van der Waals surface area (Å²) in [6.45, 7) is 6.43. The molecule has 1 aromatic heterocycles. The summed E-state index contributed by atoms with van der Waals surface area (Å²) < 4.78 is 11.8. The molecule has 2 bridgehead atoms. The van der Waals surface area contributed by atoms with Crippen molar-refractivity contribution in [2.24, 2.45) is 5.92 Å². The van der Waals surface area contributed by atoms with Crippen LogP contribution in [0, 0.1) is 5.92 Å². The minimum absolute atomic E-state index is 0.0822. The Balaban J connectivity index is 1.52. The molecular formula is C30H34N3O4+. The van der Waals surface area contributed by atoms with Crippen LogP contribution in [0.1, 0.15) is 37.9 Å². The number of rotatable bonds is 8. The quantitative estimate of drug-likeness (QED) is 0.379. The van der Waals surface area contributed by atoms with Gasteiger partial charge in [0.15, 0.2) is 6.10 Å². The molecule has 1 N–H and O–H groups in total. The summed E-state index contributed by atoms with van der Waals surface area (Å²) in [4.78, 5) is 33.3. The fourth-order valence-electron chi connectivity index (χ4n) is 6.12. The van der Waals surface area contributed by atoms with E-state index in [-0.39, 0.29) is 18.5 Å². The average Bonchev–Trinajstić information content (AvgIpc) is 2.94. The maximum atomic E-state index is 13.5. The summed E-state index contributed by atoms with van der Waals surface area (Å²) in [5.74, 6) is 0.651. The Morgan fingerprint density at radius 1 is 1.19 bits per heavy atom. The highest BCUT2D eigenvalue weighted by Gasteiger charge is 2.48. The van der Waals surface area contributed by atoms with Crippen molar-refractivity contribution < 1.29 is 24.0 Å². The highest BCUT2D eigenvalue weighted by Crippen LogP contribution is 2.36. The number of benzene rings is 2. The van der Waals surface area contributed by atoms with Gasteiger partial charge in [0.05, 0.1) is 19.2 Å². The summed E-state index contributed by atoms with van der Waals surface area (Å²) in [5, 5.41) is 0.906. The standard InChI is InChI=1S/C30H33N3O4/c1-4-22-16-21-13-15-32(22)28(17-21)30(25-12-14-31-27-11-10-24(36-3)18-26(25)27)37-29(35)19-33(20(2)34)23-8-6-5-7-9-23/h4-12,14,18,21-22,28,30H,1,13,15-17,19H2,2-3H3/p+1/t21-,22-,28+,30-/m1/s1. The number of hydrogen-bond acceptors (Lipinski definition) is 5. The number of amides is 1. The molecule has 7 nitrogen and oxygen atoms in total. The summed E-state index contributed by atoms with van der Waals surface area (Å²) in [6.07, 6.45) is 6.59. The molecule has 3 aliphatic heterocycles. The lowest BCUT2D eigenvalue weighted by Gasteiger charge is -2.48. The number of anilines is 1. The van der Waals surface area contributed by atoms with Gasteiger partial charge < -0.3 is 19.3 Å². The predicted molar refractivity (Wildman–Crippen MR) is 143 cm³/mol. The zero-order valence-electron chi connectivity index (χ0n) is 21.4. The molecule has 0 saturated carbocycles. The maximum Gasteiger partial charge on any atom is 0.326 e. The van der Waals surface area contributed by atoms with Gasteiger partial charge in [-0.3, -0.25) is 14.6 Å². The molecule has 1 unspecified atom stereocenters. The zero-order valence-corrected chi connectivity index (χ0v) is 21.4. The van der Waals surface area contributed by atoms with Gasteiger partial charge in [-0.25, -0.2) is 0 Å². The highest BCUT2D eigenvalue weighted by atomic mass is 16.5. The third-order valence-corrected chi connectivity index (χ3v) is 7.90. The van der Waals surface area contributed by atoms with E-state index < -0.39 is 12.1 Å². The molecule has 3 saturated heterocycles. The maximum absolute atomic E-state index is 13.5. The van der Waals surface area contributed by atoms with E-state index in [4.69, 9.17) is 9.47 Å². The highest BCUT2D eigenvalue weighted by molar-refractivity contribution is 5.96. The lowest BCUT2D eigenvalue weighted by molar-refractivity contribution is -0.963. The number of aromatic nitrogens is 1. The number of nitrogens with one attached hydrogen (secondary N) is 1. The molecule has 0 aliphatic carbocycles. The Bertz CT molecular complexity index is 1290. The van der Waals surface area contributed by atoms with Gasteiger partial charge in [0.2, 0.25) is 5.91 Å². The molecule has 4 heterocycles. The minimum atomic E-state index is -0.491. The van der Waals surface area contributed by atoms with Crippen LogP contribution < -0.4 is 14.5 Å². The van der Waals surface area contributed by atoms with Crippen molar-refractivity contribution in [2.45, 2.75) is 44.4 Å². The molecule has 2 aromatic carbocycles. The van der Waals surface area contributed by atoms with E-state index in [1.165, 1.54) is 23.1 Å². The predicted octanol–water partition coefficient (Wildman–Crippen LogP) is 3.50. The first-order chi connectivity index (χ1) is 18.0. The van der Waals surface area contributed by atoms with Gasteiger partial charge >= 0.3 is 5.97 Å². The van der Waals surface area contributed by atoms with Crippen molar-refractivity contribution in [1.29, 1.82) is 0 Å². The number of pyridine rings is 1. The van der Waals surface area contributed by atoms with E-state index >= 15 is 0 Å². The topological polar surface area (TPSA) is 73.2 Å². The van der Waals surface area contributed by atoms with Crippen LogP contribution in [0.4, 0.5) is 5.69 Å². The molecule has 3 aromatic rings. The van der Waals surface area contributed by atoms with Gasteiger partial charge in [-0.15, -0.1) is 0 Å². The van der Waals surface area contributed by atoms with Gasteiger partial charge in [0.25, 0.3) is 0 Å². The number of methoxy groups -OCH3 is 1. The van der Waals surface area contributed by atoms with Crippen LogP contribution in [0.5, 0.6) is 5.75 Å². The van der Waals surface area contributed by atoms with Crippen LogP contribution in [0.3, 0.4) is 0 Å². The fraction of sp³-hybridized carbons (Fsp3) is 0.367. The van der Waals surface area contributed by atoms with Crippen molar-refractivity contribution in [3.63, 3.8) is 0 Å². The molecule has 3 fully saturated rings. The molecular weight excluding hydrogens is 466 g/mol. The number of carbonyl (C=O) groups is 2. The van der Waals surface area contributed by atoms with E-state index in [1.807, 2.05) is 60.7 Å². The minimum Gasteiger partial charge on any atom is -0.497 e. The van der Waals surface area contributed by atoms with Crippen LogP contribution in [-0.2, 0) is 14.3 Å². The number of hydrogen-bond donors (Lipinski definition) is 1. The molecule has 5 atom stereocenters. The van der Waals surface area contributed by atoms with Gasteiger partial charge in [-0.1, -0.05) is 24.8 Å². The molecule has 3 aliphatic rings. The van der Waals surface area contributed by atoms with Crippen LogP contribution in [-0.4, -0.2) is 49.1 Å². The van der Waals surface area contributed by atoms with Crippen LogP contribution >= 0.6 is 0 Å². The van der Waals surface area contributed by atoms with Gasteiger partial charge in [-0.2, -0.15) is 0 Å².